The number of aromatic nitrogens is 3. The van der Waals surface area contributed by atoms with E-state index in [-0.39, 0.29) is 23.3 Å². The average molecular weight is 398 g/mol. The van der Waals surface area contributed by atoms with Crippen LogP contribution in [-0.4, -0.2) is 32.2 Å². The number of nitrogens with zero attached hydrogens (tertiary/aromatic N) is 3. The highest BCUT2D eigenvalue weighted by Crippen LogP contribution is 2.23. The van der Waals surface area contributed by atoms with Gasteiger partial charge in [-0.05, 0) is 48.5 Å². The molecule has 0 fully saturated rings. The first-order valence-corrected chi connectivity index (χ1v) is 9.67. The van der Waals surface area contributed by atoms with E-state index in [0.29, 0.717) is 28.7 Å². The van der Waals surface area contributed by atoms with Gasteiger partial charge >= 0.3 is 0 Å². The molecule has 8 heteroatoms. The smallest absolute Gasteiger partial charge is 0.224 e. The third-order valence-electron chi connectivity index (χ3n) is 4.08. The zero-order chi connectivity index (χ0) is 20.1. The lowest BCUT2D eigenvalue weighted by Gasteiger charge is -2.06. The van der Waals surface area contributed by atoms with Crippen molar-refractivity contribution in [2.24, 2.45) is 7.05 Å². The highest BCUT2D eigenvalue weighted by atomic mass is 32.2. The summed E-state index contributed by atoms with van der Waals surface area (Å²) in [6.07, 6.45) is 0.398. The zero-order valence-corrected chi connectivity index (χ0v) is 16.3. The summed E-state index contributed by atoms with van der Waals surface area (Å²) < 4.78 is 14.9. The molecule has 1 amide bonds. The molecule has 0 unspecified atom stereocenters. The van der Waals surface area contributed by atoms with Crippen molar-refractivity contribution < 1.29 is 14.0 Å². The standard InChI is InChI=1S/C20H19FN4O2S/c1-3-18(27)22-16-10-6-13(7-11-16)17(26)12-28-20-24-23-19(25(20)2)14-4-8-15(21)9-5-14/h4-11H,3,12H2,1-2H3,(H,22,27). The van der Waals surface area contributed by atoms with Gasteiger partial charge in [-0.2, -0.15) is 0 Å². The quantitative estimate of drug-likeness (QED) is 0.482. The molecular formula is C20H19FN4O2S. The Bertz CT molecular complexity index is 984. The number of nitrogens with one attached hydrogen (secondary N) is 1. The Morgan fingerprint density at radius 3 is 2.39 bits per heavy atom. The Morgan fingerprint density at radius 1 is 1.07 bits per heavy atom. The van der Waals surface area contributed by atoms with Gasteiger partial charge in [0.1, 0.15) is 5.82 Å². The van der Waals surface area contributed by atoms with Crippen LogP contribution < -0.4 is 5.32 Å². The first-order chi connectivity index (χ1) is 13.5. The summed E-state index contributed by atoms with van der Waals surface area (Å²) >= 11 is 1.28. The van der Waals surface area contributed by atoms with E-state index in [1.807, 2.05) is 0 Å². The Labute approximate surface area is 166 Å². The predicted molar refractivity (Wildman–Crippen MR) is 107 cm³/mol. The number of hydrogen-bond donors (Lipinski definition) is 1. The van der Waals surface area contributed by atoms with Crippen LogP contribution in [0, 0.1) is 5.82 Å². The molecule has 3 aromatic rings. The molecule has 0 saturated carbocycles. The molecule has 28 heavy (non-hydrogen) atoms. The van der Waals surface area contributed by atoms with Crippen molar-refractivity contribution in [2.75, 3.05) is 11.1 Å². The minimum absolute atomic E-state index is 0.0512. The Hall–Kier alpha value is -3.00. The minimum Gasteiger partial charge on any atom is -0.326 e. The van der Waals surface area contributed by atoms with Gasteiger partial charge in [-0.15, -0.1) is 10.2 Å². The van der Waals surface area contributed by atoms with Gasteiger partial charge in [0.05, 0.1) is 5.75 Å². The minimum atomic E-state index is -0.314. The monoisotopic (exact) mass is 398 g/mol. The number of hydrogen-bond acceptors (Lipinski definition) is 5. The van der Waals surface area contributed by atoms with Crippen molar-refractivity contribution in [2.45, 2.75) is 18.5 Å². The van der Waals surface area contributed by atoms with Crippen LogP contribution in [0.5, 0.6) is 0 Å². The van der Waals surface area contributed by atoms with Crippen LogP contribution in [0.4, 0.5) is 10.1 Å². The molecule has 6 nitrogen and oxygen atoms in total. The first-order valence-electron chi connectivity index (χ1n) is 8.69. The van der Waals surface area contributed by atoms with Gasteiger partial charge in [0.25, 0.3) is 0 Å². The van der Waals surface area contributed by atoms with Gasteiger partial charge in [-0.25, -0.2) is 4.39 Å². The van der Waals surface area contributed by atoms with Crippen molar-refractivity contribution >= 4 is 29.1 Å². The van der Waals surface area contributed by atoms with E-state index in [0.717, 1.165) is 5.56 Å². The number of carbonyl (C=O) groups is 2. The van der Waals surface area contributed by atoms with Crippen LogP contribution in [-0.2, 0) is 11.8 Å². The number of thioether (sulfide) groups is 1. The number of rotatable bonds is 7. The van der Waals surface area contributed by atoms with Gasteiger partial charge in [0.2, 0.25) is 5.91 Å². The molecule has 0 aliphatic heterocycles. The second-order valence-electron chi connectivity index (χ2n) is 6.06. The lowest BCUT2D eigenvalue weighted by Crippen LogP contribution is -2.10. The summed E-state index contributed by atoms with van der Waals surface area (Å²) in [7, 11) is 1.80. The molecule has 1 N–H and O–H groups in total. The first kappa shape index (κ1) is 19.8. The molecular weight excluding hydrogens is 379 g/mol. The summed E-state index contributed by atoms with van der Waals surface area (Å²) in [4.78, 5) is 23.8. The van der Waals surface area contributed by atoms with E-state index in [9.17, 15) is 14.0 Å². The van der Waals surface area contributed by atoms with Crippen LogP contribution >= 0.6 is 11.8 Å². The Morgan fingerprint density at radius 2 is 1.75 bits per heavy atom. The third kappa shape index (κ3) is 4.64. The van der Waals surface area contributed by atoms with E-state index < -0.39 is 0 Å². The van der Waals surface area contributed by atoms with Gasteiger partial charge in [0, 0.05) is 30.3 Å². The fraction of sp³-hybridized carbons (Fsp3) is 0.200. The normalized spacial score (nSPS) is 10.7. The lowest BCUT2D eigenvalue weighted by atomic mass is 10.1. The van der Waals surface area contributed by atoms with Gasteiger partial charge in [0.15, 0.2) is 16.8 Å². The van der Waals surface area contributed by atoms with Crippen molar-refractivity contribution in [3.05, 3.63) is 59.9 Å². The number of anilines is 1. The predicted octanol–water partition coefficient (Wildman–Crippen LogP) is 3.94. The van der Waals surface area contributed by atoms with E-state index in [1.165, 1.54) is 23.9 Å². The fourth-order valence-corrected chi connectivity index (χ4v) is 3.30. The summed E-state index contributed by atoms with van der Waals surface area (Å²) in [5.74, 6) is 0.367. The molecule has 0 atom stereocenters. The number of halogens is 1. The van der Waals surface area contributed by atoms with Crippen molar-refractivity contribution in [1.82, 2.24) is 14.8 Å². The Kier molecular flexibility index (Phi) is 6.20. The second-order valence-corrected chi connectivity index (χ2v) is 7.01. The van der Waals surface area contributed by atoms with Crippen LogP contribution in [0.3, 0.4) is 0 Å². The molecule has 144 valence electrons. The topological polar surface area (TPSA) is 76.9 Å². The largest absolute Gasteiger partial charge is 0.326 e. The Balaban J connectivity index is 1.63. The molecule has 0 spiro atoms. The molecule has 0 bridgehead atoms. The molecule has 1 heterocycles. The summed E-state index contributed by atoms with van der Waals surface area (Å²) in [6, 6.07) is 12.8. The maximum absolute atomic E-state index is 13.1. The fourth-order valence-electron chi connectivity index (χ4n) is 2.49. The van der Waals surface area contributed by atoms with E-state index >= 15 is 0 Å². The second kappa shape index (κ2) is 8.79. The molecule has 0 aliphatic rings. The van der Waals surface area contributed by atoms with Crippen LogP contribution in [0.2, 0.25) is 0 Å². The number of Topliss-reactive ketones (excluding diaryl/α,β-unsaturated/α-hetero) is 1. The summed E-state index contributed by atoms with van der Waals surface area (Å²) in [5.41, 5.74) is 1.97. The molecule has 1 aromatic heterocycles. The lowest BCUT2D eigenvalue weighted by molar-refractivity contribution is -0.115. The van der Waals surface area contributed by atoms with E-state index in [4.69, 9.17) is 0 Å². The summed E-state index contributed by atoms with van der Waals surface area (Å²) in [5, 5.41) is 11.6. The average Bonchev–Trinajstić information content (AvgIpc) is 3.07. The SMILES string of the molecule is CCC(=O)Nc1ccc(C(=O)CSc2nnc(-c3ccc(F)cc3)n2C)cc1. The number of benzene rings is 2. The number of carbonyl (C=O) groups excluding carboxylic acids is 2. The van der Waals surface area contributed by atoms with Crippen LogP contribution in [0.25, 0.3) is 11.4 Å². The van der Waals surface area contributed by atoms with Crippen molar-refractivity contribution in [3.63, 3.8) is 0 Å². The molecule has 2 aromatic carbocycles. The van der Waals surface area contributed by atoms with Crippen LogP contribution in [0.15, 0.2) is 53.7 Å². The van der Waals surface area contributed by atoms with Gasteiger partial charge in [-0.3, -0.25) is 9.59 Å². The molecule has 0 radical (unpaired) electrons. The van der Waals surface area contributed by atoms with Crippen molar-refractivity contribution in [3.8, 4) is 11.4 Å². The number of amides is 1. The maximum Gasteiger partial charge on any atom is 0.224 e. The number of ketones is 1. The molecule has 3 rings (SSSR count). The van der Waals surface area contributed by atoms with Crippen molar-refractivity contribution in [1.29, 1.82) is 0 Å². The molecule has 0 saturated heterocycles. The zero-order valence-electron chi connectivity index (χ0n) is 15.5. The summed E-state index contributed by atoms with van der Waals surface area (Å²) in [6.45, 7) is 1.78. The van der Waals surface area contributed by atoms with Crippen LogP contribution in [0.1, 0.15) is 23.7 Å². The maximum atomic E-state index is 13.1. The van der Waals surface area contributed by atoms with Gasteiger partial charge in [-0.1, -0.05) is 18.7 Å². The third-order valence-corrected chi connectivity index (χ3v) is 5.10. The highest BCUT2D eigenvalue weighted by Gasteiger charge is 2.14. The van der Waals surface area contributed by atoms with E-state index in [1.54, 1.807) is 54.9 Å². The highest BCUT2D eigenvalue weighted by molar-refractivity contribution is 7.99. The molecule has 0 aliphatic carbocycles. The van der Waals surface area contributed by atoms with E-state index in [2.05, 4.69) is 15.5 Å². The van der Waals surface area contributed by atoms with Gasteiger partial charge < -0.3 is 9.88 Å².